The number of nitro groups is 1. The highest BCUT2D eigenvalue weighted by Crippen LogP contribution is 2.23. The second kappa shape index (κ2) is 8.41. The molecule has 27 heavy (non-hydrogen) atoms. The molecule has 0 unspecified atom stereocenters. The highest BCUT2D eigenvalue weighted by molar-refractivity contribution is 7.99. The van der Waals surface area contributed by atoms with Crippen molar-refractivity contribution in [3.05, 3.63) is 64.2 Å². The maximum absolute atomic E-state index is 12.2. The number of hydrogen-bond acceptors (Lipinski definition) is 7. The summed E-state index contributed by atoms with van der Waals surface area (Å²) in [7, 11) is 0. The van der Waals surface area contributed by atoms with E-state index < -0.39 is 4.92 Å². The lowest BCUT2D eigenvalue weighted by Crippen LogP contribution is -2.13. The summed E-state index contributed by atoms with van der Waals surface area (Å²) in [6.07, 6.45) is 0.217. The molecule has 2 aromatic carbocycles. The Morgan fingerprint density at radius 1 is 1.26 bits per heavy atom. The Morgan fingerprint density at radius 3 is 2.78 bits per heavy atom. The van der Waals surface area contributed by atoms with E-state index in [9.17, 15) is 14.9 Å². The van der Waals surface area contributed by atoms with Gasteiger partial charge < -0.3 is 5.32 Å². The third-order valence-corrected chi connectivity index (χ3v) is 4.63. The molecular formula is C17H16N6O3S. The number of carbonyl (C=O) groups is 1. The summed E-state index contributed by atoms with van der Waals surface area (Å²) >= 11 is 1.36. The van der Waals surface area contributed by atoms with Gasteiger partial charge in [-0.1, -0.05) is 36.0 Å². The maximum Gasteiger partial charge on any atom is 0.271 e. The molecule has 138 valence electrons. The molecule has 0 atom stereocenters. The largest absolute Gasteiger partial charge is 0.326 e. The molecule has 3 aromatic rings. The highest BCUT2D eigenvalue weighted by Gasteiger charge is 2.13. The van der Waals surface area contributed by atoms with E-state index in [1.807, 2.05) is 30.3 Å². The number of rotatable bonds is 7. The van der Waals surface area contributed by atoms with Gasteiger partial charge in [0.25, 0.3) is 5.69 Å². The number of carbonyl (C=O) groups excluding carboxylic acids is 1. The van der Waals surface area contributed by atoms with E-state index in [4.69, 9.17) is 0 Å². The van der Waals surface area contributed by atoms with Gasteiger partial charge in [0.1, 0.15) is 0 Å². The number of thioether (sulfide) groups is 1. The summed E-state index contributed by atoms with van der Waals surface area (Å²) in [6, 6.07) is 13.8. The van der Waals surface area contributed by atoms with Gasteiger partial charge in [0.15, 0.2) is 0 Å². The topological polar surface area (TPSA) is 116 Å². The van der Waals surface area contributed by atoms with Crippen LogP contribution in [-0.2, 0) is 4.79 Å². The van der Waals surface area contributed by atoms with Gasteiger partial charge in [-0.3, -0.25) is 14.9 Å². The number of amides is 1. The van der Waals surface area contributed by atoms with Crippen molar-refractivity contribution in [1.82, 2.24) is 20.2 Å². The van der Waals surface area contributed by atoms with E-state index in [1.165, 1.54) is 23.9 Å². The van der Waals surface area contributed by atoms with Crippen molar-refractivity contribution in [3.63, 3.8) is 0 Å². The highest BCUT2D eigenvalue weighted by atomic mass is 32.2. The number of para-hydroxylation sites is 1. The molecule has 0 radical (unpaired) electrons. The van der Waals surface area contributed by atoms with Crippen LogP contribution in [0.1, 0.15) is 12.0 Å². The van der Waals surface area contributed by atoms with Gasteiger partial charge in [0.2, 0.25) is 11.1 Å². The van der Waals surface area contributed by atoms with Crippen LogP contribution >= 0.6 is 11.8 Å². The third kappa shape index (κ3) is 4.67. The first kappa shape index (κ1) is 18.5. The summed E-state index contributed by atoms with van der Waals surface area (Å²) in [6.45, 7) is 1.78. The number of nitrogens with one attached hydrogen (secondary N) is 1. The Labute approximate surface area is 158 Å². The van der Waals surface area contributed by atoms with Crippen molar-refractivity contribution in [2.24, 2.45) is 0 Å². The summed E-state index contributed by atoms with van der Waals surface area (Å²) < 4.78 is 1.60. The first-order valence-electron chi connectivity index (χ1n) is 8.06. The van der Waals surface area contributed by atoms with Crippen LogP contribution < -0.4 is 5.32 Å². The standard InChI is InChI=1S/C17H16N6O3S/c1-12-7-8-14(23(25)26)11-15(12)18-16(24)9-10-27-17-19-20-21-22(17)13-5-3-2-4-6-13/h2-8,11H,9-10H2,1H3,(H,18,24). The number of aromatic nitrogens is 4. The molecular weight excluding hydrogens is 368 g/mol. The van der Waals surface area contributed by atoms with Crippen LogP contribution in [0.5, 0.6) is 0 Å². The zero-order chi connectivity index (χ0) is 19.2. The molecule has 0 aliphatic carbocycles. The van der Waals surface area contributed by atoms with Crippen LogP contribution in [0.15, 0.2) is 53.7 Å². The lowest BCUT2D eigenvalue weighted by Gasteiger charge is -2.08. The van der Waals surface area contributed by atoms with Crippen LogP contribution in [0.25, 0.3) is 5.69 Å². The first-order chi connectivity index (χ1) is 13.0. The Kier molecular flexibility index (Phi) is 5.77. The molecule has 0 saturated heterocycles. The minimum Gasteiger partial charge on any atom is -0.326 e. The van der Waals surface area contributed by atoms with Crippen molar-refractivity contribution in [1.29, 1.82) is 0 Å². The van der Waals surface area contributed by atoms with Gasteiger partial charge in [0.05, 0.1) is 16.3 Å². The number of nitro benzene ring substituents is 1. The fourth-order valence-corrected chi connectivity index (χ4v) is 3.13. The average Bonchev–Trinajstić information content (AvgIpc) is 3.12. The molecule has 1 amide bonds. The fourth-order valence-electron chi connectivity index (χ4n) is 2.31. The number of aryl methyl sites for hydroxylation is 1. The van der Waals surface area contributed by atoms with E-state index in [0.29, 0.717) is 16.6 Å². The lowest BCUT2D eigenvalue weighted by atomic mass is 10.2. The number of benzene rings is 2. The molecule has 10 heteroatoms. The van der Waals surface area contributed by atoms with Crippen LogP contribution in [-0.4, -0.2) is 36.8 Å². The summed E-state index contributed by atoms with van der Waals surface area (Å²) in [4.78, 5) is 22.6. The van der Waals surface area contributed by atoms with Gasteiger partial charge in [0, 0.05) is 24.3 Å². The van der Waals surface area contributed by atoms with E-state index >= 15 is 0 Å². The molecule has 9 nitrogen and oxygen atoms in total. The number of non-ortho nitro benzene ring substituents is 1. The predicted octanol–water partition coefficient (Wildman–Crippen LogP) is 3.00. The van der Waals surface area contributed by atoms with Crippen molar-refractivity contribution in [2.45, 2.75) is 18.5 Å². The molecule has 0 fully saturated rings. The van der Waals surface area contributed by atoms with Gasteiger partial charge in [-0.05, 0) is 35.0 Å². The zero-order valence-electron chi connectivity index (χ0n) is 14.4. The normalized spacial score (nSPS) is 10.6. The number of hydrogen-bond donors (Lipinski definition) is 1. The quantitative estimate of drug-likeness (QED) is 0.378. The summed E-state index contributed by atoms with van der Waals surface area (Å²) in [5, 5.41) is 25.8. The third-order valence-electron chi connectivity index (χ3n) is 3.71. The molecule has 0 spiro atoms. The van der Waals surface area contributed by atoms with Crippen molar-refractivity contribution >= 4 is 29.0 Å². The van der Waals surface area contributed by atoms with E-state index in [1.54, 1.807) is 17.7 Å². The zero-order valence-corrected chi connectivity index (χ0v) is 15.2. The molecule has 1 aromatic heterocycles. The molecule has 3 rings (SSSR count). The van der Waals surface area contributed by atoms with E-state index in [-0.39, 0.29) is 18.0 Å². The van der Waals surface area contributed by atoms with Gasteiger partial charge in [-0.25, -0.2) is 0 Å². The van der Waals surface area contributed by atoms with E-state index in [2.05, 4.69) is 20.8 Å². The molecule has 1 heterocycles. The fraction of sp³-hybridized carbons (Fsp3) is 0.176. The van der Waals surface area contributed by atoms with Crippen LogP contribution in [0.2, 0.25) is 0 Å². The lowest BCUT2D eigenvalue weighted by molar-refractivity contribution is -0.384. The van der Waals surface area contributed by atoms with Crippen LogP contribution in [0.4, 0.5) is 11.4 Å². The van der Waals surface area contributed by atoms with Crippen LogP contribution in [0.3, 0.4) is 0 Å². The minimum atomic E-state index is -0.492. The number of anilines is 1. The molecule has 0 aliphatic heterocycles. The van der Waals surface area contributed by atoms with Crippen molar-refractivity contribution < 1.29 is 9.72 Å². The summed E-state index contributed by atoms with van der Waals surface area (Å²) in [5.74, 6) is 0.234. The monoisotopic (exact) mass is 384 g/mol. The minimum absolute atomic E-state index is 0.0627. The SMILES string of the molecule is Cc1ccc([N+](=O)[O-])cc1NC(=O)CCSc1nnnn1-c1ccccc1. The van der Waals surface area contributed by atoms with Crippen molar-refractivity contribution in [2.75, 3.05) is 11.1 Å². The molecule has 0 bridgehead atoms. The van der Waals surface area contributed by atoms with Crippen molar-refractivity contribution in [3.8, 4) is 5.69 Å². The Balaban J connectivity index is 1.58. The second-order valence-electron chi connectivity index (χ2n) is 5.61. The predicted molar refractivity (Wildman–Crippen MR) is 101 cm³/mol. The Bertz CT molecular complexity index is 960. The maximum atomic E-state index is 12.2. The van der Waals surface area contributed by atoms with Gasteiger partial charge in [-0.2, -0.15) is 4.68 Å². The molecule has 0 aliphatic rings. The first-order valence-corrected chi connectivity index (χ1v) is 9.04. The number of nitrogens with zero attached hydrogens (tertiary/aromatic N) is 5. The Hall–Kier alpha value is -3.27. The van der Waals surface area contributed by atoms with Crippen LogP contribution in [0, 0.1) is 17.0 Å². The second-order valence-corrected chi connectivity index (χ2v) is 6.67. The molecule has 0 saturated carbocycles. The van der Waals surface area contributed by atoms with Gasteiger partial charge >= 0.3 is 0 Å². The number of tetrazole rings is 1. The summed E-state index contributed by atoms with van der Waals surface area (Å²) in [5.41, 5.74) is 1.97. The molecule has 1 N–H and O–H groups in total. The average molecular weight is 384 g/mol. The Morgan fingerprint density at radius 2 is 2.04 bits per heavy atom. The van der Waals surface area contributed by atoms with E-state index in [0.717, 1.165) is 11.3 Å². The van der Waals surface area contributed by atoms with Gasteiger partial charge in [-0.15, -0.1) is 5.10 Å². The smallest absolute Gasteiger partial charge is 0.271 e.